The fourth-order valence-corrected chi connectivity index (χ4v) is 2.86. The summed E-state index contributed by atoms with van der Waals surface area (Å²) in [5.74, 6) is 0.535. The van der Waals surface area contributed by atoms with Crippen LogP contribution in [0.3, 0.4) is 0 Å². The van der Waals surface area contributed by atoms with Crippen LogP contribution in [0.25, 0.3) is 0 Å². The molecule has 0 aliphatic rings. The monoisotopic (exact) mass is 388 g/mol. The summed E-state index contributed by atoms with van der Waals surface area (Å²) in [7, 11) is 5.84. The molecule has 7 nitrogen and oxygen atoms in total. The van der Waals surface area contributed by atoms with Crippen LogP contribution in [0.2, 0.25) is 0 Å². The van der Waals surface area contributed by atoms with Gasteiger partial charge < -0.3 is 23.7 Å². The van der Waals surface area contributed by atoms with Crippen LogP contribution < -0.4 is 18.9 Å². The number of methoxy groups -OCH3 is 4. The molecule has 0 aliphatic heterocycles. The lowest BCUT2D eigenvalue weighted by Gasteiger charge is -2.22. The molecule has 0 amide bonds. The smallest absolute Gasteiger partial charge is 0.343 e. The lowest BCUT2D eigenvalue weighted by atomic mass is 9.86. The Bertz CT molecular complexity index is 827. The van der Waals surface area contributed by atoms with Gasteiger partial charge in [0.1, 0.15) is 28.8 Å². The van der Waals surface area contributed by atoms with Gasteiger partial charge in [-0.15, -0.1) is 0 Å². The average molecular weight is 388 g/mol. The second-order valence-corrected chi connectivity index (χ2v) is 5.92. The zero-order chi connectivity index (χ0) is 20.7. The molecule has 0 saturated carbocycles. The fraction of sp³-hybridized carbons (Fsp3) is 0.333. The van der Waals surface area contributed by atoms with Crippen LogP contribution in [0.1, 0.15) is 24.0 Å². The molecule has 7 heteroatoms. The van der Waals surface area contributed by atoms with Crippen molar-refractivity contribution in [2.75, 3.05) is 35.0 Å². The van der Waals surface area contributed by atoms with Crippen molar-refractivity contribution in [3.8, 4) is 23.0 Å². The van der Waals surface area contributed by atoms with Crippen LogP contribution >= 0.6 is 0 Å². The van der Waals surface area contributed by atoms with Crippen LogP contribution in [0.15, 0.2) is 36.4 Å². The van der Waals surface area contributed by atoms with E-state index in [1.165, 1.54) is 28.3 Å². The second kappa shape index (κ2) is 9.64. The third-order valence-electron chi connectivity index (χ3n) is 4.25. The molecule has 0 heterocycles. The van der Waals surface area contributed by atoms with Crippen LogP contribution in [-0.4, -0.2) is 46.8 Å². The zero-order valence-corrected chi connectivity index (χ0v) is 16.6. The Hall–Kier alpha value is -3.22. The molecule has 0 saturated heterocycles. The average Bonchev–Trinajstić information content (AvgIpc) is 2.72. The molecule has 0 aromatic heterocycles. The highest BCUT2D eigenvalue weighted by Gasteiger charge is 2.28. The topological polar surface area (TPSA) is 80.3 Å². The summed E-state index contributed by atoms with van der Waals surface area (Å²) in [6.07, 6.45) is 0. The van der Waals surface area contributed by atoms with Crippen molar-refractivity contribution in [2.45, 2.75) is 12.8 Å². The molecular formula is C21H24O7. The second-order valence-electron chi connectivity index (χ2n) is 5.92. The minimum atomic E-state index is -0.667. The van der Waals surface area contributed by atoms with Crippen molar-refractivity contribution >= 4 is 11.8 Å². The Morgan fingerprint density at radius 2 is 1.46 bits per heavy atom. The molecule has 0 fully saturated rings. The molecule has 0 aliphatic carbocycles. The number of carbonyl (C=O) groups excluding carboxylic acids is 2. The molecule has 150 valence electrons. The first-order valence-electron chi connectivity index (χ1n) is 8.55. The number of esters is 1. The van der Waals surface area contributed by atoms with Crippen molar-refractivity contribution in [3.05, 3.63) is 47.5 Å². The van der Waals surface area contributed by atoms with E-state index in [0.29, 0.717) is 28.6 Å². The maximum atomic E-state index is 12.6. The Morgan fingerprint density at radius 3 is 1.96 bits per heavy atom. The van der Waals surface area contributed by atoms with Gasteiger partial charge >= 0.3 is 5.97 Å². The van der Waals surface area contributed by atoms with Crippen molar-refractivity contribution in [2.24, 2.45) is 0 Å². The van der Waals surface area contributed by atoms with E-state index in [4.69, 9.17) is 18.9 Å². The van der Waals surface area contributed by atoms with Gasteiger partial charge in [-0.05, 0) is 24.6 Å². The fourth-order valence-electron chi connectivity index (χ4n) is 2.86. The molecule has 0 radical (unpaired) electrons. The van der Waals surface area contributed by atoms with E-state index in [1.807, 2.05) is 0 Å². The van der Waals surface area contributed by atoms with E-state index in [1.54, 1.807) is 43.5 Å². The highest BCUT2D eigenvalue weighted by atomic mass is 16.6. The van der Waals surface area contributed by atoms with E-state index >= 15 is 0 Å². The number of benzene rings is 2. The van der Waals surface area contributed by atoms with Gasteiger partial charge in [0, 0.05) is 12.1 Å². The molecule has 2 aromatic carbocycles. The number of rotatable bonds is 9. The number of Topliss-reactive ketones (excluding diaryl/α,β-unsaturated/α-hetero) is 1. The molecule has 1 unspecified atom stereocenters. The van der Waals surface area contributed by atoms with Gasteiger partial charge in [0.15, 0.2) is 6.61 Å². The van der Waals surface area contributed by atoms with Crippen molar-refractivity contribution < 1.29 is 33.3 Å². The van der Waals surface area contributed by atoms with Gasteiger partial charge in [0.25, 0.3) is 0 Å². The molecule has 2 aromatic rings. The highest BCUT2D eigenvalue weighted by molar-refractivity contribution is 5.89. The van der Waals surface area contributed by atoms with Crippen LogP contribution in [0.5, 0.6) is 23.0 Å². The molecule has 0 N–H and O–H groups in total. The lowest BCUT2D eigenvalue weighted by Crippen LogP contribution is -2.17. The summed E-state index contributed by atoms with van der Waals surface area (Å²) in [6.45, 7) is 1.18. The van der Waals surface area contributed by atoms with E-state index in [2.05, 4.69) is 4.74 Å². The van der Waals surface area contributed by atoms with Gasteiger partial charge in [-0.1, -0.05) is 12.1 Å². The summed E-state index contributed by atoms with van der Waals surface area (Å²) in [5.41, 5.74) is 1.24. The largest absolute Gasteiger partial charge is 0.497 e. The number of ether oxygens (including phenoxy) is 5. The lowest BCUT2D eigenvalue weighted by molar-refractivity contribution is -0.142. The van der Waals surface area contributed by atoms with Gasteiger partial charge in [-0.2, -0.15) is 0 Å². The first-order chi connectivity index (χ1) is 13.4. The predicted molar refractivity (Wildman–Crippen MR) is 103 cm³/mol. The SMILES string of the molecule is COC(=O)COc1cc(OC)cc(OC)c1C(C(C)=O)c1ccc(OC)cc1. The maximum Gasteiger partial charge on any atom is 0.343 e. The number of hydrogen-bond acceptors (Lipinski definition) is 7. The zero-order valence-electron chi connectivity index (χ0n) is 16.6. The van der Waals surface area contributed by atoms with Crippen molar-refractivity contribution in [1.29, 1.82) is 0 Å². The van der Waals surface area contributed by atoms with Crippen LogP contribution in [-0.2, 0) is 14.3 Å². The first-order valence-corrected chi connectivity index (χ1v) is 8.55. The number of carbonyl (C=O) groups is 2. The highest BCUT2D eigenvalue weighted by Crippen LogP contribution is 2.42. The van der Waals surface area contributed by atoms with Gasteiger partial charge in [0.05, 0.1) is 39.9 Å². The normalized spacial score (nSPS) is 11.3. The quantitative estimate of drug-likeness (QED) is 0.611. The minimum absolute atomic E-state index is 0.114. The summed E-state index contributed by atoms with van der Waals surface area (Å²) in [4.78, 5) is 24.2. The van der Waals surface area contributed by atoms with E-state index in [-0.39, 0.29) is 12.4 Å². The van der Waals surface area contributed by atoms with Crippen LogP contribution in [0, 0.1) is 0 Å². The summed E-state index contributed by atoms with van der Waals surface area (Å²) >= 11 is 0. The summed E-state index contributed by atoms with van der Waals surface area (Å²) in [5, 5.41) is 0. The minimum Gasteiger partial charge on any atom is -0.497 e. The first kappa shape index (κ1) is 21.1. The Kier molecular flexibility index (Phi) is 7.26. The van der Waals surface area contributed by atoms with E-state index in [9.17, 15) is 9.59 Å². The van der Waals surface area contributed by atoms with Crippen LogP contribution in [0.4, 0.5) is 0 Å². The third-order valence-corrected chi connectivity index (χ3v) is 4.25. The van der Waals surface area contributed by atoms with Crippen molar-refractivity contribution in [1.82, 2.24) is 0 Å². The summed E-state index contributed by atoms with van der Waals surface area (Å²) < 4.78 is 26.3. The Balaban J connectivity index is 2.61. The van der Waals surface area contributed by atoms with E-state index < -0.39 is 11.9 Å². The molecular weight excluding hydrogens is 364 g/mol. The van der Waals surface area contributed by atoms with Crippen molar-refractivity contribution in [3.63, 3.8) is 0 Å². The van der Waals surface area contributed by atoms with Gasteiger partial charge in [0.2, 0.25) is 0 Å². The molecule has 2 rings (SSSR count). The van der Waals surface area contributed by atoms with Gasteiger partial charge in [-0.3, -0.25) is 4.79 Å². The van der Waals surface area contributed by atoms with Gasteiger partial charge in [-0.25, -0.2) is 4.79 Å². The maximum absolute atomic E-state index is 12.6. The third kappa shape index (κ3) is 4.73. The van der Waals surface area contributed by atoms with E-state index in [0.717, 1.165) is 5.56 Å². The molecule has 0 spiro atoms. The number of ketones is 1. The Morgan fingerprint density at radius 1 is 0.857 bits per heavy atom. The molecule has 1 atom stereocenters. The Labute approximate surface area is 164 Å². The predicted octanol–water partition coefficient (Wildman–Crippen LogP) is 2.99. The number of hydrogen-bond donors (Lipinski definition) is 0. The molecule has 0 bridgehead atoms. The molecule has 28 heavy (non-hydrogen) atoms. The standard InChI is InChI=1S/C21H24O7/c1-13(22)20(14-6-8-15(24-2)9-7-14)21-17(26-4)10-16(25-3)11-18(21)28-12-19(23)27-5/h6-11,20H,12H2,1-5H3. The summed E-state index contributed by atoms with van der Waals surface area (Å²) in [6, 6.07) is 10.4.